The van der Waals surface area contributed by atoms with Crippen LogP contribution in [0.1, 0.15) is 49.2 Å². The summed E-state index contributed by atoms with van der Waals surface area (Å²) in [5, 5.41) is 10.1. The minimum absolute atomic E-state index is 0.0134. The van der Waals surface area contributed by atoms with Crippen molar-refractivity contribution < 1.29 is 23.1 Å². The van der Waals surface area contributed by atoms with Gasteiger partial charge in [0.2, 0.25) is 10.0 Å². The van der Waals surface area contributed by atoms with Gasteiger partial charge in [-0.3, -0.25) is 9.52 Å². The van der Waals surface area contributed by atoms with E-state index in [1.807, 2.05) is 12.1 Å². The van der Waals surface area contributed by atoms with Crippen molar-refractivity contribution >= 4 is 33.0 Å². The van der Waals surface area contributed by atoms with Crippen LogP contribution in [0.25, 0.3) is 11.1 Å². The summed E-state index contributed by atoms with van der Waals surface area (Å²) in [6.45, 7) is 11.5. The first-order valence-electron chi connectivity index (χ1n) is 13.6. The Morgan fingerprint density at radius 2 is 1.75 bits per heavy atom. The highest BCUT2D eigenvalue weighted by molar-refractivity contribution is 7.92. The fourth-order valence-electron chi connectivity index (χ4n) is 5.44. The van der Waals surface area contributed by atoms with E-state index in [0.717, 1.165) is 29.5 Å². The van der Waals surface area contributed by atoms with Gasteiger partial charge in [0, 0.05) is 41.6 Å². The van der Waals surface area contributed by atoms with Crippen molar-refractivity contribution in [3.63, 3.8) is 0 Å². The summed E-state index contributed by atoms with van der Waals surface area (Å²) < 4.78 is 31.5. The molecule has 212 valence electrons. The highest BCUT2D eigenvalue weighted by Crippen LogP contribution is 2.39. The maximum Gasteiger partial charge on any atom is 0.258 e. The number of ether oxygens (including phenoxy) is 1. The molecule has 3 aromatic rings. The molecule has 0 unspecified atom stereocenters. The maximum absolute atomic E-state index is 13.6. The molecule has 0 saturated carbocycles. The Hall–Kier alpha value is -3.56. The van der Waals surface area contributed by atoms with Crippen molar-refractivity contribution in [1.82, 2.24) is 0 Å². The number of aromatic hydroxyl groups is 1. The number of nitrogens with one attached hydrogen (secondary N) is 1. The van der Waals surface area contributed by atoms with Gasteiger partial charge in [-0.05, 0) is 65.8 Å². The van der Waals surface area contributed by atoms with E-state index in [4.69, 9.17) is 4.74 Å². The van der Waals surface area contributed by atoms with Crippen LogP contribution in [0.5, 0.6) is 5.75 Å². The van der Waals surface area contributed by atoms with Gasteiger partial charge in [-0.25, -0.2) is 8.42 Å². The molecule has 3 aromatic carbocycles. The Kier molecular flexibility index (Phi) is 7.31. The van der Waals surface area contributed by atoms with Crippen molar-refractivity contribution in [2.45, 2.75) is 45.6 Å². The molecule has 8 nitrogen and oxygen atoms in total. The van der Waals surface area contributed by atoms with E-state index < -0.39 is 10.0 Å². The number of amides is 1. The second-order valence-corrected chi connectivity index (χ2v) is 13.5. The highest BCUT2D eigenvalue weighted by atomic mass is 32.2. The van der Waals surface area contributed by atoms with Gasteiger partial charge in [-0.15, -0.1) is 0 Å². The number of benzene rings is 3. The lowest BCUT2D eigenvalue weighted by Crippen LogP contribution is -2.44. The Labute approximate surface area is 236 Å². The third-order valence-electron chi connectivity index (χ3n) is 7.62. The number of nitrogens with zero attached hydrogens (tertiary/aromatic N) is 2. The number of morpholine rings is 1. The zero-order valence-corrected chi connectivity index (χ0v) is 24.5. The van der Waals surface area contributed by atoms with Crippen LogP contribution in [0.2, 0.25) is 0 Å². The van der Waals surface area contributed by atoms with E-state index in [9.17, 15) is 18.3 Å². The molecule has 0 bridgehead atoms. The second-order valence-electron chi connectivity index (χ2n) is 11.8. The van der Waals surface area contributed by atoms with E-state index >= 15 is 0 Å². The molecule has 2 N–H and O–H groups in total. The molecule has 1 atom stereocenters. The second kappa shape index (κ2) is 10.4. The number of rotatable bonds is 5. The van der Waals surface area contributed by atoms with Gasteiger partial charge in [0.05, 0.1) is 25.2 Å². The Bertz CT molecular complexity index is 1560. The maximum atomic E-state index is 13.6. The van der Waals surface area contributed by atoms with Gasteiger partial charge >= 0.3 is 0 Å². The molecule has 0 radical (unpaired) electrons. The molecule has 9 heteroatoms. The Morgan fingerprint density at radius 1 is 1.00 bits per heavy atom. The van der Waals surface area contributed by atoms with Crippen LogP contribution in [-0.4, -0.2) is 58.0 Å². The van der Waals surface area contributed by atoms with E-state index in [1.54, 1.807) is 11.0 Å². The first-order valence-corrected chi connectivity index (χ1v) is 15.5. The lowest BCUT2D eigenvalue weighted by atomic mass is 9.84. The zero-order chi connectivity index (χ0) is 28.8. The minimum atomic E-state index is -3.59. The zero-order valence-electron chi connectivity index (χ0n) is 23.7. The van der Waals surface area contributed by atoms with Gasteiger partial charge in [-0.1, -0.05) is 45.0 Å². The number of carbonyl (C=O) groups is 1. The normalized spacial score (nSPS) is 18.0. The molecular weight excluding hydrogens is 526 g/mol. The Morgan fingerprint density at radius 3 is 2.45 bits per heavy atom. The average Bonchev–Trinajstić information content (AvgIpc) is 2.89. The van der Waals surface area contributed by atoms with Gasteiger partial charge in [0.1, 0.15) is 5.75 Å². The molecule has 40 heavy (non-hydrogen) atoms. The number of carbonyl (C=O) groups excluding carboxylic acids is 1. The van der Waals surface area contributed by atoms with Crippen molar-refractivity contribution in [3.8, 4) is 16.9 Å². The van der Waals surface area contributed by atoms with Crippen LogP contribution in [0.4, 0.5) is 17.1 Å². The quantitative estimate of drug-likeness (QED) is 0.417. The molecule has 2 aliphatic heterocycles. The fourth-order valence-corrected chi connectivity index (χ4v) is 6.00. The number of anilines is 3. The minimum Gasteiger partial charge on any atom is -0.506 e. The molecule has 1 fully saturated rings. The van der Waals surface area contributed by atoms with Crippen molar-refractivity contribution in [2.75, 3.05) is 47.1 Å². The SMILES string of the molecule is C[C@H]1COCCN1c1cc(C(C)(C)C)ccc1-c1ccc2c(c1)CCN(c1ccc(O)c(NS(C)(=O)=O)c1)C2=O. The summed E-state index contributed by atoms with van der Waals surface area (Å²) in [5.41, 5.74) is 6.82. The van der Waals surface area contributed by atoms with Gasteiger partial charge < -0.3 is 19.6 Å². The lowest BCUT2D eigenvalue weighted by Gasteiger charge is -2.37. The monoisotopic (exact) mass is 563 g/mol. The van der Waals surface area contributed by atoms with Gasteiger partial charge in [-0.2, -0.15) is 0 Å². The largest absolute Gasteiger partial charge is 0.506 e. The highest BCUT2D eigenvalue weighted by Gasteiger charge is 2.28. The predicted molar refractivity (Wildman–Crippen MR) is 160 cm³/mol. The summed E-state index contributed by atoms with van der Waals surface area (Å²) in [6.07, 6.45) is 1.66. The third kappa shape index (κ3) is 5.67. The van der Waals surface area contributed by atoms with Crippen LogP contribution >= 0.6 is 0 Å². The van der Waals surface area contributed by atoms with Crippen LogP contribution in [0, 0.1) is 0 Å². The standard InChI is InChI=1S/C31H37N3O5S/c1-20-19-39-15-14-33(20)28-17-23(31(2,3)4)7-10-25(28)21-6-9-26-22(16-21)12-13-34(30(26)36)24-8-11-29(35)27(18-24)32-40(5,37)38/h6-11,16-18,20,32,35H,12-15,19H2,1-5H3/t20-/m0/s1. The first kappa shape index (κ1) is 28.0. The van der Waals surface area contributed by atoms with Crippen LogP contribution in [-0.2, 0) is 26.6 Å². The van der Waals surface area contributed by atoms with Crippen LogP contribution < -0.4 is 14.5 Å². The first-order chi connectivity index (χ1) is 18.8. The average molecular weight is 564 g/mol. The molecular formula is C31H37N3O5S. The summed E-state index contributed by atoms with van der Waals surface area (Å²) in [6, 6.07) is 17.5. The smallest absolute Gasteiger partial charge is 0.258 e. The van der Waals surface area contributed by atoms with Crippen molar-refractivity contribution in [3.05, 3.63) is 71.3 Å². The molecule has 0 aromatic heterocycles. The summed E-state index contributed by atoms with van der Waals surface area (Å²) in [4.78, 5) is 17.6. The van der Waals surface area contributed by atoms with Gasteiger partial charge in [0.25, 0.3) is 5.91 Å². The predicted octanol–water partition coefficient (Wildman–Crippen LogP) is 5.16. The number of fused-ring (bicyclic) bond motifs is 1. The number of hydrogen-bond acceptors (Lipinski definition) is 6. The lowest BCUT2D eigenvalue weighted by molar-refractivity contribution is 0.0980. The Balaban J connectivity index is 1.49. The molecule has 5 rings (SSSR count). The molecule has 2 aliphatic rings. The van der Waals surface area contributed by atoms with E-state index in [0.29, 0.717) is 37.4 Å². The number of sulfonamides is 1. The molecule has 2 heterocycles. The topological polar surface area (TPSA) is 99.2 Å². The third-order valence-corrected chi connectivity index (χ3v) is 8.22. The number of hydrogen-bond donors (Lipinski definition) is 2. The summed E-state index contributed by atoms with van der Waals surface area (Å²) >= 11 is 0. The number of phenolic OH excluding ortho intramolecular Hbond substituents is 1. The molecule has 0 spiro atoms. The van der Waals surface area contributed by atoms with Crippen molar-refractivity contribution in [2.24, 2.45) is 0 Å². The van der Waals surface area contributed by atoms with E-state index in [1.165, 1.54) is 23.4 Å². The fraction of sp³-hybridized carbons (Fsp3) is 0.387. The molecule has 0 aliphatic carbocycles. The van der Waals surface area contributed by atoms with Crippen LogP contribution in [0.3, 0.4) is 0 Å². The molecule has 1 amide bonds. The van der Waals surface area contributed by atoms with Gasteiger partial charge in [0.15, 0.2) is 0 Å². The summed E-state index contributed by atoms with van der Waals surface area (Å²) in [5.74, 6) is -0.361. The molecule has 1 saturated heterocycles. The van der Waals surface area contributed by atoms with E-state index in [2.05, 4.69) is 61.6 Å². The summed E-state index contributed by atoms with van der Waals surface area (Å²) in [7, 11) is -3.59. The van der Waals surface area contributed by atoms with E-state index in [-0.39, 0.29) is 28.8 Å². The van der Waals surface area contributed by atoms with Crippen LogP contribution in [0.15, 0.2) is 54.6 Å². The van der Waals surface area contributed by atoms with Crippen molar-refractivity contribution in [1.29, 1.82) is 0 Å². The number of phenols is 1.